The van der Waals surface area contributed by atoms with Crippen molar-refractivity contribution in [3.63, 3.8) is 0 Å². The summed E-state index contributed by atoms with van der Waals surface area (Å²) in [6, 6.07) is 19.5. The third-order valence-electron chi connectivity index (χ3n) is 4.34. The van der Waals surface area contributed by atoms with E-state index in [1.807, 2.05) is 35.7 Å². The van der Waals surface area contributed by atoms with Gasteiger partial charge in [-0.2, -0.15) is 5.10 Å². The fourth-order valence-corrected chi connectivity index (χ4v) is 3.86. The van der Waals surface area contributed by atoms with E-state index in [-0.39, 0.29) is 12.2 Å². The first kappa shape index (κ1) is 21.3. The number of nitrogens with one attached hydrogen (secondary N) is 1. The highest BCUT2D eigenvalue weighted by Crippen LogP contribution is 2.26. The number of rotatable bonds is 7. The molecule has 1 aromatic heterocycles. The Labute approximate surface area is 192 Å². The van der Waals surface area contributed by atoms with Gasteiger partial charge in [0, 0.05) is 27.1 Å². The summed E-state index contributed by atoms with van der Waals surface area (Å²) in [5.41, 5.74) is 5.75. The highest BCUT2D eigenvalue weighted by atomic mass is 35.5. The Kier molecular flexibility index (Phi) is 6.82. The molecule has 0 aliphatic carbocycles. The predicted octanol–water partition coefficient (Wildman–Crippen LogP) is 7.28. The summed E-state index contributed by atoms with van der Waals surface area (Å²) >= 11 is 13.6. The molecule has 156 valence electrons. The van der Waals surface area contributed by atoms with Crippen molar-refractivity contribution in [3.8, 4) is 17.0 Å². The second kappa shape index (κ2) is 9.92. The maximum absolute atomic E-state index is 14.0. The quantitative estimate of drug-likeness (QED) is 0.227. The number of hydrogen-bond donors (Lipinski definition) is 1. The normalized spacial score (nSPS) is 11.1. The number of anilines is 1. The molecule has 31 heavy (non-hydrogen) atoms. The van der Waals surface area contributed by atoms with Crippen molar-refractivity contribution in [3.05, 3.63) is 99.1 Å². The maximum Gasteiger partial charge on any atom is 0.203 e. The number of halogens is 3. The molecule has 4 rings (SSSR count). The van der Waals surface area contributed by atoms with E-state index < -0.39 is 5.82 Å². The van der Waals surface area contributed by atoms with Crippen LogP contribution in [-0.2, 0) is 6.61 Å². The molecule has 8 heteroatoms. The van der Waals surface area contributed by atoms with Crippen molar-refractivity contribution in [1.82, 2.24) is 4.98 Å². The number of hydrogen-bond acceptors (Lipinski definition) is 5. The lowest BCUT2D eigenvalue weighted by atomic mass is 10.2. The van der Waals surface area contributed by atoms with E-state index in [1.165, 1.54) is 17.4 Å². The zero-order valence-corrected chi connectivity index (χ0v) is 18.4. The van der Waals surface area contributed by atoms with Gasteiger partial charge in [-0.1, -0.05) is 59.6 Å². The topological polar surface area (TPSA) is 46.5 Å². The van der Waals surface area contributed by atoms with Gasteiger partial charge in [0.2, 0.25) is 5.13 Å². The van der Waals surface area contributed by atoms with E-state index in [9.17, 15) is 4.39 Å². The second-order valence-electron chi connectivity index (χ2n) is 6.44. The van der Waals surface area contributed by atoms with Crippen LogP contribution in [0.25, 0.3) is 11.3 Å². The third-order valence-corrected chi connectivity index (χ3v) is 5.68. The lowest BCUT2D eigenvalue weighted by Gasteiger charge is -2.11. The van der Waals surface area contributed by atoms with Gasteiger partial charge in [-0.05, 0) is 30.3 Å². The lowest BCUT2D eigenvalue weighted by molar-refractivity contribution is 0.299. The van der Waals surface area contributed by atoms with Crippen LogP contribution in [0.2, 0.25) is 10.0 Å². The Morgan fingerprint density at radius 1 is 1.06 bits per heavy atom. The number of aromatic nitrogens is 1. The molecule has 0 fully saturated rings. The first-order valence-corrected chi connectivity index (χ1v) is 10.9. The van der Waals surface area contributed by atoms with Crippen molar-refractivity contribution in [1.29, 1.82) is 0 Å². The third kappa shape index (κ3) is 5.41. The predicted molar refractivity (Wildman–Crippen MR) is 126 cm³/mol. The molecule has 4 nitrogen and oxygen atoms in total. The first-order chi connectivity index (χ1) is 15.1. The Morgan fingerprint density at radius 2 is 1.90 bits per heavy atom. The van der Waals surface area contributed by atoms with E-state index >= 15 is 0 Å². The Morgan fingerprint density at radius 3 is 2.71 bits per heavy atom. The summed E-state index contributed by atoms with van der Waals surface area (Å²) in [4.78, 5) is 4.53. The Bertz CT molecular complexity index is 1190. The van der Waals surface area contributed by atoms with Crippen LogP contribution in [0.1, 0.15) is 11.1 Å². The summed E-state index contributed by atoms with van der Waals surface area (Å²) < 4.78 is 19.8. The number of hydrazone groups is 1. The minimum absolute atomic E-state index is 0.0195. The highest BCUT2D eigenvalue weighted by Gasteiger charge is 2.10. The Balaban J connectivity index is 1.46. The molecule has 0 saturated heterocycles. The van der Waals surface area contributed by atoms with Crippen LogP contribution in [0.15, 0.2) is 77.2 Å². The minimum Gasteiger partial charge on any atom is -0.488 e. The van der Waals surface area contributed by atoms with Gasteiger partial charge in [0.15, 0.2) is 0 Å². The van der Waals surface area contributed by atoms with E-state index in [2.05, 4.69) is 15.5 Å². The van der Waals surface area contributed by atoms with Gasteiger partial charge in [0.25, 0.3) is 0 Å². The van der Waals surface area contributed by atoms with Crippen LogP contribution in [0.3, 0.4) is 0 Å². The van der Waals surface area contributed by atoms with E-state index in [0.717, 1.165) is 11.3 Å². The number of benzene rings is 3. The molecule has 0 saturated carbocycles. The molecule has 1 N–H and O–H groups in total. The van der Waals surface area contributed by atoms with Crippen molar-refractivity contribution < 1.29 is 9.13 Å². The molecular formula is C23H16Cl2FN3OS. The summed E-state index contributed by atoms with van der Waals surface area (Å²) in [6.07, 6.45) is 1.58. The summed E-state index contributed by atoms with van der Waals surface area (Å²) in [5, 5.41) is 7.69. The molecule has 1 heterocycles. The van der Waals surface area contributed by atoms with Gasteiger partial charge < -0.3 is 4.74 Å². The van der Waals surface area contributed by atoms with Crippen LogP contribution < -0.4 is 10.2 Å². The number of nitrogens with zero attached hydrogens (tertiary/aromatic N) is 2. The van der Waals surface area contributed by atoms with Gasteiger partial charge in [-0.15, -0.1) is 11.3 Å². The van der Waals surface area contributed by atoms with E-state index in [0.29, 0.717) is 26.5 Å². The summed E-state index contributed by atoms with van der Waals surface area (Å²) in [7, 11) is 0. The molecule has 0 radical (unpaired) electrons. The van der Waals surface area contributed by atoms with E-state index in [1.54, 1.807) is 36.5 Å². The van der Waals surface area contributed by atoms with Crippen molar-refractivity contribution in [2.24, 2.45) is 5.10 Å². The average molecular weight is 472 g/mol. The van der Waals surface area contributed by atoms with Crippen molar-refractivity contribution in [2.75, 3.05) is 5.43 Å². The van der Waals surface area contributed by atoms with Gasteiger partial charge in [-0.25, -0.2) is 9.37 Å². The van der Waals surface area contributed by atoms with Crippen molar-refractivity contribution >= 4 is 45.9 Å². The lowest BCUT2D eigenvalue weighted by Crippen LogP contribution is -2.02. The molecule has 0 amide bonds. The standard InChI is InChI=1S/C23H16Cl2FN3OS/c24-17-9-10-22(30-13-18-19(25)7-4-8-20(18)26)16(11-17)12-27-29-23-28-21(14-31-23)15-5-2-1-3-6-15/h1-12,14H,13H2,(H,28,29). The van der Waals surface area contributed by atoms with Gasteiger partial charge >= 0.3 is 0 Å². The molecule has 0 bridgehead atoms. The summed E-state index contributed by atoms with van der Waals surface area (Å²) in [6.45, 7) is -0.0195. The smallest absolute Gasteiger partial charge is 0.203 e. The maximum atomic E-state index is 14.0. The zero-order chi connectivity index (χ0) is 21.6. The molecule has 3 aromatic carbocycles. The average Bonchev–Trinajstić information content (AvgIpc) is 3.24. The molecule has 0 unspecified atom stereocenters. The second-order valence-corrected chi connectivity index (χ2v) is 8.15. The molecule has 4 aromatic rings. The minimum atomic E-state index is -0.420. The van der Waals surface area contributed by atoms with Gasteiger partial charge in [-0.3, -0.25) is 5.43 Å². The fourth-order valence-electron chi connectivity index (χ4n) is 2.80. The van der Waals surface area contributed by atoms with E-state index in [4.69, 9.17) is 27.9 Å². The molecule has 0 aliphatic rings. The fraction of sp³-hybridized carbons (Fsp3) is 0.0435. The highest BCUT2D eigenvalue weighted by molar-refractivity contribution is 7.14. The number of ether oxygens (including phenoxy) is 1. The van der Waals surface area contributed by atoms with Gasteiger partial charge in [0.1, 0.15) is 18.2 Å². The molecule has 0 spiro atoms. The molecule has 0 atom stereocenters. The summed E-state index contributed by atoms with van der Waals surface area (Å²) in [5.74, 6) is 0.0784. The largest absolute Gasteiger partial charge is 0.488 e. The molecular weight excluding hydrogens is 456 g/mol. The van der Waals surface area contributed by atoms with Crippen LogP contribution in [-0.4, -0.2) is 11.2 Å². The van der Waals surface area contributed by atoms with Crippen LogP contribution in [0.5, 0.6) is 5.75 Å². The number of thiazole rings is 1. The van der Waals surface area contributed by atoms with Gasteiger partial charge in [0.05, 0.1) is 16.9 Å². The van der Waals surface area contributed by atoms with Crippen LogP contribution in [0.4, 0.5) is 9.52 Å². The zero-order valence-electron chi connectivity index (χ0n) is 16.1. The van der Waals surface area contributed by atoms with Crippen LogP contribution in [0, 0.1) is 5.82 Å². The molecule has 0 aliphatic heterocycles. The van der Waals surface area contributed by atoms with Crippen LogP contribution >= 0.6 is 34.5 Å². The Hall–Kier alpha value is -2.93. The first-order valence-electron chi connectivity index (χ1n) is 9.25. The SMILES string of the molecule is Fc1cccc(Cl)c1COc1ccc(Cl)cc1C=NNc1nc(-c2ccccc2)cs1. The van der Waals surface area contributed by atoms with Crippen molar-refractivity contribution in [2.45, 2.75) is 6.61 Å². The monoisotopic (exact) mass is 471 g/mol.